The van der Waals surface area contributed by atoms with E-state index in [-0.39, 0.29) is 6.10 Å². The third kappa shape index (κ3) is 2.15. The highest BCUT2D eigenvalue weighted by molar-refractivity contribution is 6.29. The second-order valence-electron chi connectivity index (χ2n) is 3.18. The van der Waals surface area contributed by atoms with Gasteiger partial charge in [-0.15, -0.1) is 0 Å². The number of aliphatic hydroxyl groups is 1. The van der Waals surface area contributed by atoms with E-state index in [1.54, 1.807) is 6.20 Å². The van der Waals surface area contributed by atoms with Gasteiger partial charge in [0, 0.05) is 19.6 Å². The van der Waals surface area contributed by atoms with Gasteiger partial charge < -0.3 is 5.11 Å². The lowest BCUT2D eigenvalue weighted by molar-refractivity contribution is -0.00360. The molecule has 0 bridgehead atoms. The van der Waals surface area contributed by atoms with E-state index in [2.05, 4.69) is 14.9 Å². The van der Waals surface area contributed by atoms with Crippen molar-refractivity contribution in [3.05, 3.63) is 23.2 Å². The third-order valence-corrected chi connectivity index (χ3v) is 2.19. The van der Waals surface area contributed by atoms with Crippen LogP contribution in [0, 0.1) is 0 Å². The van der Waals surface area contributed by atoms with Gasteiger partial charge in [-0.3, -0.25) is 9.88 Å². The molecule has 1 N–H and O–H groups in total. The number of nitrogens with zero attached hydrogens (tertiary/aromatic N) is 3. The second-order valence-corrected chi connectivity index (χ2v) is 3.57. The van der Waals surface area contributed by atoms with Crippen molar-refractivity contribution in [1.82, 2.24) is 14.9 Å². The molecular formula is C8H10ClN3O. The van der Waals surface area contributed by atoms with Crippen LogP contribution in [0.2, 0.25) is 5.15 Å². The van der Waals surface area contributed by atoms with Crippen LogP contribution in [-0.4, -0.2) is 39.2 Å². The van der Waals surface area contributed by atoms with Gasteiger partial charge in [0.2, 0.25) is 0 Å². The Morgan fingerprint density at radius 3 is 2.77 bits per heavy atom. The summed E-state index contributed by atoms with van der Waals surface area (Å²) >= 11 is 5.59. The smallest absolute Gasteiger partial charge is 0.147 e. The Bertz CT molecular complexity index is 284. The maximum atomic E-state index is 9.04. The van der Waals surface area contributed by atoms with Crippen LogP contribution in [0.25, 0.3) is 0 Å². The van der Waals surface area contributed by atoms with E-state index in [1.807, 2.05) is 0 Å². The van der Waals surface area contributed by atoms with Crippen molar-refractivity contribution >= 4 is 11.6 Å². The molecule has 0 radical (unpaired) electrons. The van der Waals surface area contributed by atoms with Gasteiger partial charge in [0.15, 0.2) is 0 Å². The summed E-state index contributed by atoms with van der Waals surface area (Å²) in [4.78, 5) is 10.1. The first-order valence-electron chi connectivity index (χ1n) is 4.11. The van der Waals surface area contributed by atoms with Crippen LogP contribution in [0.3, 0.4) is 0 Å². The first-order valence-corrected chi connectivity index (χ1v) is 4.48. The second kappa shape index (κ2) is 3.57. The third-order valence-electron chi connectivity index (χ3n) is 2.00. The number of hydrogen-bond acceptors (Lipinski definition) is 4. The Morgan fingerprint density at radius 2 is 2.23 bits per heavy atom. The van der Waals surface area contributed by atoms with Crippen LogP contribution >= 0.6 is 11.6 Å². The topological polar surface area (TPSA) is 49.2 Å². The van der Waals surface area contributed by atoms with Crippen molar-refractivity contribution in [2.75, 3.05) is 13.1 Å². The molecule has 1 saturated heterocycles. The summed E-state index contributed by atoms with van der Waals surface area (Å²) in [6, 6.07) is 0. The van der Waals surface area contributed by atoms with Gasteiger partial charge in [-0.25, -0.2) is 4.98 Å². The van der Waals surface area contributed by atoms with Crippen LogP contribution in [0.4, 0.5) is 0 Å². The molecule has 70 valence electrons. The van der Waals surface area contributed by atoms with Crippen LogP contribution in [0.1, 0.15) is 5.69 Å². The minimum absolute atomic E-state index is 0.166. The largest absolute Gasteiger partial charge is 0.390 e. The molecule has 0 unspecified atom stereocenters. The van der Waals surface area contributed by atoms with E-state index in [9.17, 15) is 0 Å². The molecule has 2 heterocycles. The number of β-amino-alcohol motifs (C(OH)–C–C–N with tert-alkyl or cyclic N) is 1. The summed E-state index contributed by atoms with van der Waals surface area (Å²) in [7, 11) is 0. The fourth-order valence-corrected chi connectivity index (χ4v) is 1.42. The minimum atomic E-state index is -0.166. The van der Waals surface area contributed by atoms with Crippen molar-refractivity contribution in [2.45, 2.75) is 12.6 Å². The normalized spacial score (nSPS) is 18.6. The number of aliphatic hydroxyl groups excluding tert-OH is 1. The molecule has 0 aromatic carbocycles. The molecule has 0 saturated carbocycles. The zero-order valence-corrected chi connectivity index (χ0v) is 7.78. The highest BCUT2D eigenvalue weighted by atomic mass is 35.5. The summed E-state index contributed by atoms with van der Waals surface area (Å²) < 4.78 is 0. The van der Waals surface area contributed by atoms with Gasteiger partial charge in [-0.05, 0) is 0 Å². The Morgan fingerprint density at radius 1 is 1.46 bits per heavy atom. The Hall–Kier alpha value is -0.710. The first-order chi connectivity index (χ1) is 6.24. The van der Waals surface area contributed by atoms with Crippen LogP contribution in [-0.2, 0) is 6.54 Å². The molecule has 4 nitrogen and oxygen atoms in total. The average Bonchev–Trinajstić information content (AvgIpc) is 2.06. The van der Waals surface area contributed by atoms with E-state index < -0.39 is 0 Å². The molecule has 0 amide bonds. The van der Waals surface area contributed by atoms with Gasteiger partial charge in [-0.1, -0.05) is 11.6 Å². The van der Waals surface area contributed by atoms with Crippen LogP contribution in [0.5, 0.6) is 0 Å². The van der Waals surface area contributed by atoms with Gasteiger partial charge >= 0.3 is 0 Å². The summed E-state index contributed by atoms with van der Waals surface area (Å²) in [6.45, 7) is 2.19. The lowest BCUT2D eigenvalue weighted by Gasteiger charge is -2.35. The van der Waals surface area contributed by atoms with Gasteiger partial charge in [0.25, 0.3) is 0 Å². The SMILES string of the molecule is OC1CN(Cc2cnc(Cl)cn2)C1. The Kier molecular flexibility index (Phi) is 2.44. The van der Waals surface area contributed by atoms with E-state index in [0.29, 0.717) is 5.15 Å². The molecule has 5 heteroatoms. The van der Waals surface area contributed by atoms with Crippen molar-refractivity contribution in [3.63, 3.8) is 0 Å². The molecule has 1 aliphatic heterocycles. The lowest BCUT2D eigenvalue weighted by atomic mass is 10.1. The van der Waals surface area contributed by atoms with E-state index in [1.165, 1.54) is 6.20 Å². The van der Waals surface area contributed by atoms with E-state index >= 15 is 0 Å². The molecular weight excluding hydrogens is 190 g/mol. The molecule has 0 atom stereocenters. The van der Waals surface area contributed by atoms with Gasteiger partial charge in [0.1, 0.15) is 5.15 Å². The standard InChI is InChI=1S/C8H10ClN3O/c9-8-2-10-6(1-11-8)3-12-4-7(13)5-12/h1-2,7,13H,3-5H2. The van der Waals surface area contributed by atoms with Crippen LogP contribution in [0.15, 0.2) is 12.4 Å². The average molecular weight is 200 g/mol. The predicted molar refractivity (Wildman–Crippen MR) is 48.3 cm³/mol. The number of hydrogen-bond donors (Lipinski definition) is 1. The van der Waals surface area contributed by atoms with E-state index in [0.717, 1.165) is 25.3 Å². The Balaban J connectivity index is 1.91. The molecule has 1 aliphatic rings. The van der Waals surface area contributed by atoms with Crippen molar-refractivity contribution < 1.29 is 5.11 Å². The van der Waals surface area contributed by atoms with Crippen molar-refractivity contribution in [1.29, 1.82) is 0 Å². The van der Waals surface area contributed by atoms with Crippen LogP contribution < -0.4 is 0 Å². The summed E-state index contributed by atoms with van der Waals surface area (Å²) in [5.74, 6) is 0. The number of aromatic nitrogens is 2. The van der Waals surface area contributed by atoms with Gasteiger partial charge in [0.05, 0.1) is 24.2 Å². The predicted octanol–water partition coefficient (Wildman–Crippen LogP) is 0.306. The maximum Gasteiger partial charge on any atom is 0.147 e. The molecule has 1 aromatic heterocycles. The molecule has 13 heavy (non-hydrogen) atoms. The fraction of sp³-hybridized carbons (Fsp3) is 0.500. The first kappa shape index (κ1) is 8.87. The van der Waals surface area contributed by atoms with E-state index in [4.69, 9.17) is 16.7 Å². The summed E-state index contributed by atoms with van der Waals surface area (Å²) in [6.07, 6.45) is 3.03. The molecule has 1 fully saturated rings. The van der Waals surface area contributed by atoms with Crippen molar-refractivity contribution in [2.24, 2.45) is 0 Å². The maximum absolute atomic E-state index is 9.04. The highest BCUT2D eigenvalue weighted by Gasteiger charge is 2.24. The lowest BCUT2D eigenvalue weighted by Crippen LogP contribution is -2.49. The quantitative estimate of drug-likeness (QED) is 0.745. The molecule has 1 aromatic rings. The Labute approximate surface area is 81.2 Å². The fourth-order valence-electron chi connectivity index (χ4n) is 1.32. The minimum Gasteiger partial charge on any atom is -0.390 e. The summed E-state index contributed by atoms with van der Waals surface area (Å²) in [5, 5.41) is 9.45. The molecule has 0 aliphatic carbocycles. The zero-order chi connectivity index (χ0) is 9.26. The number of halogens is 1. The molecule has 0 spiro atoms. The number of rotatable bonds is 2. The highest BCUT2D eigenvalue weighted by Crippen LogP contribution is 2.11. The molecule has 2 rings (SSSR count). The monoisotopic (exact) mass is 199 g/mol. The van der Waals surface area contributed by atoms with Crippen molar-refractivity contribution in [3.8, 4) is 0 Å². The zero-order valence-electron chi connectivity index (χ0n) is 7.02. The summed E-state index contributed by atoms with van der Waals surface area (Å²) in [5.41, 5.74) is 0.885. The number of likely N-dealkylation sites (tertiary alicyclic amines) is 1. The van der Waals surface area contributed by atoms with Gasteiger partial charge in [-0.2, -0.15) is 0 Å².